The van der Waals surface area contributed by atoms with E-state index in [0.717, 1.165) is 30.5 Å². The Bertz CT molecular complexity index is 1760. The number of nitrogens with zero attached hydrogens (tertiary/aromatic N) is 7. The summed E-state index contributed by atoms with van der Waals surface area (Å²) < 4.78 is 3.15. The molecule has 1 fully saturated rings. The molecule has 2 N–H and O–H groups in total. The Morgan fingerprint density at radius 1 is 1.00 bits per heavy atom. The van der Waals surface area contributed by atoms with Crippen molar-refractivity contribution in [2.75, 3.05) is 31.1 Å². The highest BCUT2D eigenvalue weighted by Gasteiger charge is 2.35. The molecule has 0 aliphatic carbocycles. The van der Waals surface area contributed by atoms with Gasteiger partial charge >= 0.3 is 6.09 Å². The summed E-state index contributed by atoms with van der Waals surface area (Å²) in [5.74, 6) is -0.193. The van der Waals surface area contributed by atoms with Crippen molar-refractivity contribution in [3.05, 3.63) is 87.1 Å². The number of fused-ring (bicyclic) bond motifs is 4. The maximum atomic E-state index is 13.8. The van der Waals surface area contributed by atoms with Gasteiger partial charge in [-0.25, -0.2) is 14.5 Å². The minimum absolute atomic E-state index is 0.0753. The van der Waals surface area contributed by atoms with Gasteiger partial charge in [0.25, 0.3) is 5.56 Å². The second-order valence-corrected chi connectivity index (χ2v) is 11.7. The number of carbonyl (C=O) groups is 2. The van der Waals surface area contributed by atoms with Gasteiger partial charge in [-0.05, 0) is 48.7 Å². The minimum atomic E-state index is -1.04. The molecule has 4 heterocycles. The van der Waals surface area contributed by atoms with Crippen LogP contribution in [-0.4, -0.2) is 78.8 Å². The van der Waals surface area contributed by atoms with Crippen LogP contribution in [0.5, 0.6) is 0 Å². The highest BCUT2D eigenvalue weighted by atomic mass is 35.5. The van der Waals surface area contributed by atoms with Crippen molar-refractivity contribution in [2.24, 2.45) is 0 Å². The predicted octanol–water partition coefficient (Wildman–Crippen LogP) is 4.25. The standard InChI is InChI=1S/C30H30Cl2N8O4/c31-20-8-9-25(40-17-27(32)35-36-40)22(14-20)23-15-28(41)39(18-34-23)24-7-2-1-3-10-33-29(42)26-16-37(30(43)44)11-12-38(26)21-6-4-5-19(24)13-21/h4-6,8-9,13-15,17-18,24,26H,1-3,7,10-12,16H2,(H,33,42)(H,43,44)/t24-,26-/m0/s1. The average molecular weight is 638 g/mol. The monoisotopic (exact) mass is 636 g/mol. The SMILES string of the molecule is O=C1NCCCCC[C@H](n2cnc(-c3cc(Cl)ccc3-n3cc(Cl)nn3)cc2=O)c2cccc(c2)N2CCN(C(=O)O)C[C@@H]12. The molecule has 1 saturated heterocycles. The van der Waals surface area contributed by atoms with E-state index >= 15 is 0 Å². The molecule has 44 heavy (non-hydrogen) atoms. The van der Waals surface area contributed by atoms with E-state index in [0.29, 0.717) is 41.5 Å². The minimum Gasteiger partial charge on any atom is -0.465 e. The molecule has 2 aliphatic rings. The van der Waals surface area contributed by atoms with Gasteiger partial charge in [0, 0.05) is 42.0 Å². The van der Waals surface area contributed by atoms with E-state index in [1.54, 1.807) is 35.3 Å². The molecule has 0 spiro atoms. The summed E-state index contributed by atoms with van der Waals surface area (Å²) in [6.07, 6.45) is 5.20. The number of anilines is 1. The highest BCUT2D eigenvalue weighted by molar-refractivity contribution is 6.31. The van der Waals surface area contributed by atoms with Crippen LogP contribution in [0.25, 0.3) is 16.9 Å². The summed E-state index contributed by atoms with van der Waals surface area (Å²) in [5.41, 5.74) is 3.11. The largest absolute Gasteiger partial charge is 0.465 e. The molecule has 2 amide bonds. The molecule has 2 aromatic carbocycles. The van der Waals surface area contributed by atoms with Gasteiger partial charge in [-0.2, -0.15) is 0 Å². The fraction of sp³-hybridized carbons (Fsp3) is 0.333. The first-order valence-corrected chi connectivity index (χ1v) is 15.1. The molecule has 14 heteroatoms. The van der Waals surface area contributed by atoms with E-state index in [9.17, 15) is 19.5 Å². The fourth-order valence-corrected chi connectivity index (χ4v) is 6.20. The van der Waals surface area contributed by atoms with E-state index in [1.165, 1.54) is 15.6 Å². The molecule has 6 rings (SSSR count). The van der Waals surface area contributed by atoms with E-state index in [1.807, 2.05) is 29.2 Å². The normalized spacial score (nSPS) is 19.3. The van der Waals surface area contributed by atoms with Gasteiger partial charge in [0.05, 0.1) is 36.5 Å². The van der Waals surface area contributed by atoms with Crippen molar-refractivity contribution >= 4 is 40.9 Å². The lowest BCUT2D eigenvalue weighted by Crippen LogP contribution is -2.60. The number of carbonyl (C=O) groups excluding carboxylic acids is 1. The number of amides is 2. The van der Waals surface area contributed by atoms with E-state index < -0.39 is 12.1 Å². The van der Waals surface area contributed by atoms with Crippen molar-refractivity contribution in [3.63, 3.8) is 0 Å². The van der Waals surface area contributed by atoms with Gasteiger partial charge in [0.15, 0.2) is 5.15 Å². The van der Waals surface area contributed by atoms with Crippen LogP contribution in [0.4, 0.5) is 10.5 Å². The van der Waals surface area contributed by atoms with E-state index in [2.05, 4.69) is 20.6 Å². The third-order valence-electron chi connectivity index (χ3n) is 8.11. The summed E-state index contributed by atoms with van der Waals surface area (Å²) in [6, 6.07) is 13.5. The Hall–Kier alpha value is -4.42. The molecule has 228 valence electrons. The Balaban J connectivity index is 1.37. The first-order valence-electron chi connectivity index (χ1n) is 14.4. The Labute approximate surface area is 262 Å². The molecule has 0 saturated carbocycles. The van der Waals surface area contributed by atoms with Gasteiger partial charge in [-0.1, -0.05) is 53.4 Å². The lowest BCUT2D eigenvalue weighted by molar-refractivity contribution is -0.123. The maximum Gasteiger partial charge on any atom is 0.407 e. The zero-order chi connectivity index (χ0) is 30.8. The smallest absolute Gasteiger partial charge is 0.407 e. The fourth-order valence-electron chi connectivity index (χ4n) is 5.90. The van der Waals surface area contributed by atoms with Gasteiger partial charge < -0.3 is 20.2 Å². The number of carboxylic acid groups (broad SMARTS) is 1. The molecule has 2 aromatic heterocycles. The van der Waals surface area contributed by atoms with Crippen molar-refractivity contribution in [1.82, 2.24) is 34.8 Å². The Morgan fingerprint density at radius 2 is 1.86 bits per heavy atom. The first-order chi connectivity index (χ1) is 21.3. The van der Waals surface area contributed by atoms with Crippen LogP contribution >= 0.6 is 23.2 Å². The molecule has 2 aliphatic heterocycles. The van der Waals surface area contributed by atoms with Crippen LogP contribution in [0, 0.1) is 0 Å². The highest BCUT2D eigenvalue weighted by Crippen LogP contribution is 2.31. The van der Waals surface area contributed by atoms with E-state index in [4.69, 9.17) is 23.2 Å². The van der Waals surface area contributed by atoms with Crippen LogP contribution in [0.3, 0.4) is 0 Å². The second kappa shape index (κ2) is 12.7. The quantitative estimate of drug-likeness (QED) is 0.340. The number of hydrogen-bond acceptors (Lipinski definition) is 7. The van der Waals surface area contributed by atoms with Gasteiger partial charge in [0.2, 0.25) is 5.91 Å². The van der Waals surface area contributed by atoms with E-state index in [-0.39, 0.29) is 35.8 Å². The molecular weight excluding hydrogens is 607 g/mol. The number of piperazine rings is 1. The van der Waals surface area contributed by atoms with Crippen LogP contribution in [0.1, 0.15) is 37.3 Å². The number of hydrogen-bond donors (Lipinski definition) is 2. The first kappa shape index (κ1) is 29.6. The molecular formula is C30H30Cl2N8O4. The van der Waals surface area contributed by atoms with Crippen LogP contribution < -0.4 is 15.8 Å². The van der Waals surface area contributed by atoms with Gasteiger partial charge in [-0.3, -0.25) is 14.2 Å². The summed E-state index contributed by atoms with van der Waals surface area (Å²) in [5, 5.41) is 21.2. The summed E-state index contributed by atoms with van der Waals surface area (Å²) in [6.45, 7) is 1.22. The van der Waals surface area contributed by atoms with Gasteiger partial charge in [0.1, 0.15) is 6.04 Å². The van der Waals surface area contributed by atoms with Crippen LogP contribution in [-0.2, 0) is 4.79 Å². The maximum absolute atomic E-state index is 13.8. The predicted molar refractivity (Wildman–Crippen MR) is 166 cm³/mol. The summed E-state index contributed by atoms with van der Waals surface area (Å²) in [4.78, 5) is 46.6. The van der Waals surface area contributed by atoms with Gasteiger partial charge in [-0.15, -0.1) is 5.10 Å². The Kier molecular flexibility index (Phi) is 8.53. The molecule has 0 unspecified atom stereocenters. The Morgan fingerprint density at radius 3 is 2.64 bits per heavy atom. The number of benzene rings is 2. The zero-order valence-electron chi connectivity index (χ0n) is 23.6. The zero-order valence-corrected chi connectivity index (χ0v) is 25.2. The summed E-state index contributed by atoms with van der Waals surface area (Å²) in [7, 11) is 0. The molecule has 12 nitrogen and oxygen atoms in total. The van der Waals surface area contributed by atoms with Crippen LogP contribution in [0.2, 0.25) is 10.2 Å². The molecule has 2 bridgehead atoms. The third-order valence-corrected chi connectivity index (χ3v) is 8.52. The molecule has 0 radical (unpaired) electrons. The second-order valence-electron chi connectivity index (χ2n) is 10.9. The number of nitrogens with one attached hydrogen (secondary N) is 1. The molecule has 4 aromatic rings. The number of rotatable bonds is 3. The third kappa shape index (κ3) is 6.13. The lowest BCUT2D eigenvalue weighted by atomic mass is 9.98. The van der Waals surface area contributed by atoms with Crippen molar-refractivity contribution in [1.29, 1.82) is 0 Å². The van der Waals surface area contributed by atoms with Crippen molar-refractivity contribution in [2.45, 2.75) is 37.8 Å². The number of halogens is 2. The van der Waals surface area contributed by atoms with Crippen molar-refractivity contribution in [3.8, 4) is 16.9 Å². The topological polar surface area (TPSA) is 138 Å². The van der Waals surface area contributed by atoms with Crippen LogP contribution in [0.15, 0.2) is 65.8 Å². The average Bonchev–Trinajstić information content (AvgIpc) is 3.46. The van der Waals surface area contributed by atoms with Crippen molar-refractivity contribution < 1.29 is 14.7 Å². The number of aromatic nitrogens is 5. The summed E-state index contributed by atoms with van der Waals surface area (Å²) >= 11 is 12.3. The lowest BCUT2D eigenvalue weighted by Gasteiger charge is -2.41. The molecule has 2 atom stereocenters.